The summed E-state index contributed by atoms with van der Waals surface area (Å²) in [5.41, 5.74) is 0.548. The molecule has 1 fully saturated rings. The quantitative estimate of drug-likeness (QED) is 0.777. The first-order chi connectivity index (χ1) is 9.95. The molecule has 0 spiro atoms. The molecule has 4 nitrogen and oxygen atoms in total. The largest absolute Gasteiger partial charge is 0.377 e. The van der Waals surface area contributed by atoms with E-state index in [1.807, 2.05) is 0 Å². The Morgan fingerprint density at radius 2 is 2.19 bits per heavy atom. The summed E-state index contributed by atoms with van der Waals surface area (Å²) in [5.74, 6) is -0.632. The third-order valence-electron chi connectivity index (χ3n) is 3.57. The van der Waals surface area contributed by atoms with Crippen LogP contribution in [0.3, 0.4) is 0 Å². The lowest BCUT2D eigenvalue weighted by molar-refractivity contribution is 0.00856. The van der Waals surface area contributed by atoms with Crippen LogP contribution in [-0.4, -0.2) is 39.0 Å². The predicted molar refractivity (Wildman–Crippen MR) is 79.4 cm³/mol. The molecule has 0 radical (unpaired) electrons. The van der Waals surface area contributed by atoms with Crippen LogP contribution < -0.4 is 0 Å². The summed E-state index contributed by atoms with van der Waals surface area (Å²) < 4.78 is 45.5. The number of ether oxygens (including phenoxy) is 1. The maximum absolute atomic E-state index is 14.0. The molecule has 0 N–H and O–H groups in total. The molecule has 0 aromatic heterocycles. The van der Waals surface area contributed by atoms with E-state index < -0.39 is 15.8 Å². The van der Waals surface area contributed by atoms with Crippen molar-refractivity contribution in [3.05, 3.63) is 29.6 Å². The molecule has 1 aromatic rings. The van der Waals surface area contributed by atoms with Gasteiger partial charge >= 0.3 is 0 Å². The summed E-state index contributed by atoms with van der Waals surface area (Å²) in [4.78, 5) is -0.324. The normalized spacial score (nSPS) is 19.9. The topological polar surface area (TPSA) is 46.6 Å². The molecule has 1 atom stereocenters. The average molecular weight is 336 g/mol. The number of likely N-dealkylation sites (N-methyl/N-ethyl adjacent to an activating group) is 1. The van der Waals surface area contributed by atoms with E-state index in [1.54, 1.807) is 0 Å². The SMILES string of the molecule is CN(CC1CCCCO1)S(=O)(=O)c1ccc(CCl)cc1F. The van der Waals surface area contributed by atoms with E-state index in [9.17, 15) is 12.8 Å². The molecule has 1 unspecified atom stereocenters. The summed E-state index contributed by atoms with van der Waals surface area (Å²) in [6.07, 6.45) is 2.73. The van der Waals surface area contributed by atoms with Crippen molar-refractivity contribution in [3.8, 4) is 0 Å². The molecule has 1 aromatic carbocycles. The van der Waals surface area contributed by atoms with Gasteiger partial charge in [-0.05, 0) is 37.0 Å². The minimum atomic E-state index is -3.86. The maximum Gasteiger partial charge on any atom is 0.245 e. The molecule has 0 saturated carbocycles. The first-order valence-corrected chi connectivity index (χ1v) is 8.85. The molecule has 1 aliphatic rings. The second-order valence-corrected chi connectivity index (χ2v) is 7.45. The first kappa shape index (κ1) is 16.7. The number of rotatable bonds is 5. The number of hydrogen-bond donors (Lipinski definition) is 0. The van der Waals surface area contributed by atoms with Crippen LogP contribution in [-0.2, 0) is 20.6 Å². The van der Waals surface area contributed by atoms with Crippen molar-refractivity contribution >= 4 is 21.6 Å². The Bertz CT molecular complexity index is 588. The molecule has 118 valence electrons. The van der Waals surface area contributed by atoms with Gasteiger partial charge in [0.2, 0.25) is 10.0 Å². The molecule has 7 heteroatoms. The van der Waals surface area contributed by atoms with Crippen LogP contribution >= 0.6 is 11.6 Å². The molecular formula is C14H19ClFNO3S. The first-order valence-electron chi connectivity index (χ1n) is 6.87. The fourth-order valence-electron chi connectivity index (χ4n) is 2.34. The third-order valence-corrected chi connectivity index (χ3v) is 5.74. The van der Waals surface area contributed by atoms with Crippen molar-refractivity contribution in [3.63, 3.8) is 0 Å². The molecule has 0 amide bonds. The van der Waals surface area contributed by atoms with Crippen molar-refractivity contribution in [2.75, 3.05) is 20.2 Å². The second kappa shape index (κ2) is 7.05. The second-order valence-electron chi connectivity index (χ2n) is 5.17. The van der Waals surface area contributed by atoms with Crippen LogP contribution in [0, 0.1) is 5.82 Å². The van der Waals surface area contributed by atoms with Crippen LogP contribution in [0.4, 0.5) is 4.39 Å². The number of alkyl halides is 1. The number of benzene rings is 1. The predicted octanol–water partition coefficient (Wildman–Crippen LogP) is 2.75. The van der Waals surface area contributed by atoms with E-state index >= 15 is 0 Å². The molecule has 21 heavy (non-hydrogen) atoms. The zero-order valence-corrected chi connectivity index (χ0v) is 13.5. The van der Waals surface area contributed by atoms with Crippen molar-refractivity contribution in [1.82, 2.24) is 4.31 Å². The van der Waals surface area contributed by atoms with Crippen LogP contribution in [0.15, 0.2) is 23.1 Å². The van der Waals surface area contributed by atoms with Crippen molar-refractivity contribution in [2.45, 2.75) is 36.1 Å². The van der Waals surface area contributed by atoms with Gasteiger partial charge in [0.15, 0.2) is 0 Å². The van der Waals surface area contributed by atoms with Crippen molar-refractivity contribution in [2.24, 2.45) is 0 Å². The third kappa shape index (κ3) is 3.94. The van der Waals surface area contributed by atoms with Crippen LogP contribution in [0.2, 0.25) is 0 Å². The zero-order chi connectivity index (χ0) is 15.5. The maximum atomic E-state index is 14.0. The van der Waals surface area contributed by atoms with Gasteiger partial charge in [0.25, 0.3) is 0 Å². The number of sulfonamides is 1. The Morgan fingerprint density at radius 1 is 1.43 bits per heavy atom. The van der Waals surface area contributed by atoms with Gasteiger partial charge in [0.05, 0.1) is 6.10 Å². The molecule has 1 aliphatic heterocycles. The van der Waals surface area contributed by atoms with Crippen molar-refractivity contribution in [1.29, 1.82) is 0 Å². The van der Waals surface area contributed by atoms with Crippen LogP contribution in [0.1, 0.15) is 24.8 Å². The standard InChI is InChI=1S/C14H19ClFNO3S/c1-17(10-12-4-2-3-7-20-12)21(18,19)14-6-5-11(9-15)8-13(14)16/h5-6,8,12H,2-4,7,9-10H2,1H3. The Kier molecular flexibility index (Phi) is 5.60. The minimum absolute atomic E-state index is 0.122. The molecule has 1 saturated heterocycles. The van der Waals surface area contributed by atoms with Gasteiger partial charge in [-0.3, -0.25) is 0 Å². The highest BCUT2D eigenvalue weighted by Gasteiger charge is 2.27. The van der Waals surface area contributed by atoms with Crippen molar-refractivity contribution < 1.29 is 17.5 Å². The van der Waals surface area contributed by atoms with Gasteiger partial charge in [0.1, 0.15) is 10.7 Å². The highest BCUT2D eigenvalue weighted by Crippen LogP contribution is 2.22. The highest BCUT2D eigenvalue weighted by atomic mass is 35.5. The van der Waals surface area contributed by atoms with E-state index in [0.29, 0.717) is 12.2 Å². The lowest BCUT2D eigenvalue weighted by atomic mass is 10.1. The monoisotopic (exact) mass is 335 g/mol. The summed E-state index contributed by atoms with van der Waals surface area (Å²) >= 11 is 5.61. The molecule has 2 rings (SSSR count). The molecule has 1 heterocycles. The molecule has 0 aliphatic carbocycles. The number of hydrogen-bond acceptors (Lipinski definition) is 3. The van der Waals surface area contributed by atoms with Gasteiger partial charge in [-0.2, -0.15) is 4.31 Å². The van der Waals surface area contributed by atoms with E-state index in [0.717, 1.165) is 29.6 Å². The number of nitrogens with zero attached hydrogens (tertiary/aromatic N) is 1. The fraction of sp³-hybridized carbons (Fsp3) is 0.571. The van der Waals surface area contributed by atoms with Gasteiger partial charge in [-0.1, -0.05) is 6.07 Å². The van der Waals surface area contributed by atoms with Gasteiger partial charge in [0, 0.05) is 26.1 Å². The highest BCUT2D eigenvalue weighted by molar-refractivity contribution is 7.89. The van der Waals surface area contributed by atoms with Gasteiger partial charge < -0.3 is 4.74 Å². The van der Waals surface area contributed by atoms with E-state index in [-0.39, 0.29) is 23.4 Å². The lowest BCUT2D eigenvalue weighted by Crippen LogP contribution is -2.37. The van der Waals surface area contributed by atoms with E-state index in [1.165, 1.54) is 19.2 Å². The van der Waals surface area contributed by atoms with E-state index in [2.05, 4.69) is 0 Å². The van der Waals surface area contributed by atoms with Gasteiger partial charge in [-0.15, -0.1) is 11.6 Å². The molecular weight excluding hydrogens is 317 g/mol. The Morgan fingerprint density at radius 3 is 2.76 bits per heavy atom. The zero-order valence-electron chi connectivity index (χ0n) is 11.9. The number of halogens is 2. The Balaban J connectivity index is 2.16. The minimum Gasteiger partial charge on any atom is -0.377 e. The summed E-state index contributed by atoms with van der Waals surface area (Å²) in [5, 5.41) is 0. The average Bonchev–Trinajstić information content (AvgIpc) is 2.47. The lowest BCUT2D eigenvalue weighted by Gasteiger charge is -2.27. The summed E-state index contributed by atoms with van der Waals surface area (Å²) in [6.45, 7) is 0.885. The van der Waals surface area contributed by atoms with Crippen LogP contribution in [0.25, 0.3) is 0 Å². The Labute approximate surface area is 129 Å². The van der Waals surface area contributed by atoms with Crippen LogP contribution in [0.5, 0.6) is 0 Å². The summed E-state index contributed by atoms with van der Waals surface area (Å²) in [6, 6.07) is 3.94. The fourth-order valence-corrected chi connectivity index (χ4v) is 3.75. The van der Waals surface area contributed by atoms with Gasteiger partial charge in [-0.25, -0.2) is 12.8 Å². The molecule has 0 bridgehead atoms. The smallest absolute Gasteiger partial charge is 0.245 e. The Hall–Kier alpha value is -0.690. The van der Waals surface area contributed by atoms with E-state index in [4.69, 9.17) is 16.3 Å². The summed E-state index contributed by atoms with van der Waals surface area (Å²) in [7, 11) is -2.41.